The van der Waals surface area contributed by atoms with E-state index in [4.69, 9.17) is 17.2 Å². The first-order valence-electron chi connectivity index (χ1n) is 2.39. The predicted molar refractivity (Wildman–Crippen MR) is 35.7 cm³/mol. The second-order valence-electron chi connectivity index (χ2n) is 1.44. The van der Waals surface area contributed by atoms with Crippen molar-refractivity contribution in [3.8, 4) is 0 Å². The Bertz CT molecular complexity index is 135. The minimum Gasteiger partial charge on any atom is -0.483 e. The van der Waals surface area contributed by atoms with E-state index in [1.54, 1.807) is 0 Å². The van der Waals surface area contributed by atoms with Gasteiger partial charge in [-0.05, 0) is 6.08 Å². The van der Waals surface area contributed by atoms with Crippen molar-refractivity contribution in [1.82, 2.24) is 0 Å². The normalized spacial score (nSPS) is 10.6. The molecule has 0 saturated carbocycles. The average molecular weight is 129 g/mol. The fourth-order valence-electron chi connectivity index (χ4n) is 0.246. The number of nitrogens with two attached hydrogens (primary N) is 3. The van der Waals surface area contributed by atoms with Crippen molar-refractivity contribution in [3.63, 3.8) is 0 Å². The molecule has 0 spiro atoms. The molecule has 0 saturated heterocycles. The molecule has 0 heterocycles. The van der Waals surface area contributed by atoms with Gasteiger partial charge < -0.3 is 21.9 Å². The maximum atomic E-state index is 5.20. The van der Waals surface area contributed by atoms with Crippen LogP contribution in [0.1, 0.15) is 0 Å². The maximum Gasteiger partial charge on any atom is 0.183 e. The molecule has 0 rings (SSSR count). The third-order valence-corrected chi connectivity index (χ3v) is 0.676. The summed E-state index contributed by atoms with van der Waals surface area (Å²) in [6.45, 7) is 0. The fourth-order valence-corrected chi connectivity index (χ4v) is 0.246. The molecule has 0 aliphatic heterocycles. The summed E-state index contributed by atoms with van der Waals surface area (Å²) in [7, 11) is 1.46. The van der Waals surface area contributed by atoms with E-state index in [1.807, 2.05) is 0 Å². The second-order valence-corrected chi connectivity index (χ2v) is 1.44. The summed E-state index contributed by atoms with van der Waals surface area (Å²) in [6, 6.07) is 0. The van der Waals surface area contributed by atoms with Gasteiger partial charge >= 0.3 is 0 Å². The first-order chi connectivity index (χ1) is 4.16. The zero-order valence-corrected chi connectivity index (χ0v) is 5.29. The average Bonchev–Trinajstić information content (AvgIpc) is 1.83. The Balaban J connectivity index is 3.83. The van der Waals surface area contributed by atoms with E-state index in [-0.39, 0.29) is 11.7 Å². The van der Waals surface area contributed by atoms with E-state index in [1.165, 1.54) is 19.3 Å². The van der Waals surface area contributed by atoms with Crippen molar-refractivity contribution in [3.05, 3.63) is 23.9 Å². The van der Waals surface area contributed by atoms with Crippen molar-refractivity contribution >= 4 is 0 Å². The molecule has 9 heavy (non-hydrogen) atoms. The van der Waals surface area contributed by atoms with Crippen LogP contribution in [0.15, 0.2) is 23.9 Å². The van der Waals surface area contributed by atoms with Crippen molar-refractivity contribution in [1.29, 1.82) is 0 Å². The molecular formula is C5H11N3O. The molecule has 0 atom stereocenters. The van der Waals surface area contributed by atoms with E-state index in [9.17, 15) is 0 Å². The molecule has 0 fully saturated rings. The minimum absolute atomic E-state index is 0.204. The molecule has 0 aliphatic carbocycles. The summed E-state index contributed by atoms with van der Waals surface area (Å²) in [5, 5.41) is 0. The Morgan fingerprint density at radius 3 is 2.11 bits per heavy atom. The maximum absolute atomic E-state index is 5.20. The van der Waals surface area contributed by atoms with Crippen molar-refractivity contribution in [2.75, 3.05) is 7.11 Å². The van der Waals surface area contributed by atoms with E-state index in [0.717, 1.165) is 0 Å². The predicted octanol–water partition coefficient (Wildman–Crippen LogP) is -0.808. The van der Waals surface area contributed by atoms with Crippen molar-refractivity contribution in [2.45, 2.75) is 0 Å². The van der Waals surface area contributed by atoms with Crippen LogP contribution in [0.4, 0.5) is 0 Å². The largest absolute Gasteiger partial charge is 0.483 e. The molecule has 4 nitrogen and oxygen atoms in total. The molecule has 0 aromatic heterocycles. The van der Waals surface area contributed by atoms with Gasteiger partial charge in [0.2, 0.25) is 0 Å². The van der Waals surface area contributed by atoms with E-state index >= 15 is 0 Å². The van der Waals surface area contributed by atoms with Crippen LogP contribution >= 0.6 is 0 Å². The minimum atomic E-state index is 0.204. The first kappa shape index (κ1) is 7.68. The van der Waals surface area contributed by atoms with Gasteiger partial charge in [-0.25, -0.2) is 0 Å². The van der Waals surface area contributed by atoms with Gasteiger partial charge in [0.25, 0.3) is 0 Å². The van der Waals surface area contributed by atoms with Crippen LogP contribution in [0, 0.1) is 0 Å². The van der Waals surface area contributed by atoms with E-state index < -0.39 is 0 Å². The molecule has 0 bridgehead atoms. The highest BCUT2D eigenvalue weighted by Gasteiger charge is 1.79. The molecule has 4 heteroatoms. The van der Waals surface area contributed by atoms with Gasteiger partial charge in [-0.15, -0.1) is 0 Å². The summed E-state index contributed by atoms with van der Waals surface area (Å²) in [6.07, 6.45) is 2.94. The molecule has 0 radical (unpaired) electrons. The SMILES string of the molecule is CO/C(N)=C/C=C(N)N. The molecule has 0 aromatic carbocycles. The van der Waals surface area contributed by atoms with Crippen LogP contribution in [0.25, 0.3) is 0 Å². The topological polar surface area (TPSA) is 87.3 Å². The molecule has 0 aromatic rings. The van der Waals surface area contributed by atoms with Gasteiger partial charge in [0.1, 0.15) is 0 Å². The van der Waals surface area contributed by atoms with Crippen LogP contribution in [-0.4, -0.2) is 7.11 Å². The van der Waals surface area contributed by atoms with Crippen LogP contribution in [0.5, 0.6) is 0 Å². The molecule has 0 amide bonds. The highest BCUT2D eigenvalue weighted by atomic mass is 16.5. The summed E-state index contributed by atoms with van der Waals surface area (Å²) < 4.78 is 4.58. The number of hydrogen-bond donors (Lipinski definition) is 3. The number of ether oxygens (including phenoxy) is 1. The Morgan fingerprint density at radius 2 is 1.78 bits per heavy atom. The lowest BCUT2D eigenvalue weighted by Crippen LogP contribution is -2.07. The Kier molecular flexibility index (Phi) is 3.12. The van der Waals surface area contributed by atoms with Crippen LogP contribution in [0.2, 0.25) is 0 Å². The van der Waals surface area contributed by atoms with Crippen LogP contribution in [-0.2, 0) is 4.74 Å². The summed E-state index contributed by atoms with van der Waals surface area (Å²) in [5.41, 5.74) is 15.4. The van der Waals surface area contributed by atoms with E-state index in [0.29, 0.717) is 0 Å². The number of allylic oxidation sites excluding steroid dienone is 2. The zero-order chi connectivity index (χ0) is 7.28. The quantitative estimate of drug-likeness (QED) is 0.336. The lowest BCUT2D eigenvalue weighted by atomic mass is 10.5. The highest BCUT2D eigenvalue weighted by molar-refractivity contribution is 5.08. The van der Waals surface area contributed by atoms with Gasteiger partial charge in [-0.3, -0.25) is 0 Å². The molecule has 0 aliphatic rings. The van der Waals surface area contributed by atoms with Crippen molar-refractivity contribution in [2.24, 2.45) is 17.2 Å². The van der Waals surface area contributed by atoms with Gasteiger partial charge in [0, 0.05) is 6.08 Å². The van der Waals surface area contributed by atoms with Crippen LogP contribution < -0.4 is 17.2 Å². The van der Waals surface area contributed by atoms with Gasteiger partial charge in [-0.1, -0.05) is 0 Å². The van der Waals surface area contributed by atoms with Crippen LogP contribution in [0.3, 0.4) is 0 Å². The number of hydrogen-bond acceptors (Lipinski definition) is 4. The number of rotatable bonds is 2. The standard InChI is InChI=1S/C5H11N3O/c1-9-5(8)3-2-4(6)7/h2-3H,6-8H2,1H3/b5-3+. The highest BCUT2D eigenvalue weighted by Crippen LogP contribution is 1.83. The Labute approximate surface area is 54.0 Å². The lowest BCUT2D eigenvalue weighted by molar-refractivity contribution is 0.287. The molecule has 6 N–H and O–H groups in total. The Hall–Kier alpha value is -1.32. The first-order valence-corrected chi connectivity index (χ1v) is 2.39. The summed E-state index contributed by atoms with van der Waals surface area (Å²) >= 11 is 0. The van der Waals surface area contributed by atoms with Gasteiger partial charge in [-0.2, -0.15) is 0 Å². The third kappa shape index (κ3) is 4.53. The van der Waals surface area contributed by atoms with E-state index in [2.05, 4.69) is 4.74 Å². The van der Waals surface area contributed by atoms with Gasteiger partial charge in [0.05, 0.1) is 12.9 Å². The third-order valence-electron chi connectivity index (χ3n) is 0.676. The monoisotopic (exact) mass is 129 g/mol. The second kappa shape index (κ2) is 3.65. The summed E-state index contributed by atoms with van der Waals surface area (Å²) in [5.74, 6) is 0.485. The van der Waals surface area contributed by atoms with Gasteiger partial charge in [0.15, 0.2) is 5.88 Å². The van der Waals surface area contributed by atoms with Crippen molar-refractivity contribution < 1.29 is 4.74 Å². The fraction of sp³-hybridized carbons (Fsp3) is 0.200. The number of methoxy groups -OCH3 is 1. The Morgan fingerprint density at radius 1 is 1.22 bits per heavy atom. The zero-order valence-electron chi connectivity index (χ0n) is 5.29. The molecule has 52 valence electrons. The lowest BCUT2D eigenvalue weighted by Gasteiger charge is -1.94. The summed E-state index contributed by atoms with van der Waals surface area (Å²) in [4.78, 5) is 0. The molecule has 0 unspecified atom stereocenters. The smallest absolute Gasteiger partial charge is 0.183 e. The molecular weight excluding hydrogens is 118 g/mol.